The first-order valence-electron chi connectivity index (χ1n) is 9.57. The summed E-state index contributed by atoms with van der Waals surface area (Å²) in [5, 5.41) is 10.3. The van der Waals surface area contributed by atoms with Crippen molar-refractivity contribution in [3.8, 4) is 11.5 Å². The monoisotopic (exact) mass is 468 g/mol. The Balaban J connectivity index is 1.57. The zero-order chi connectivity index (χ0) is 23.4. The Labute approximate surface area is 187 Å². The number of alkyl halides is 1. The van der Waals surface area contributed by atoms with Crippen LogP contribution in [0.1, 0.15) is 16.1 Å². The number of amides is 1. The van der Waals surface area contributed by atoms with Crippen molar-refractivity contribution in [2.75, 3.05) is 11.8 Å². The van der Waals surface area contributed by atoms with Gasteiger partial charge in [0, 0.05) is 30.9 Å². The Morgan fingerprint density at radius 2 is 1.82 bits per heavy atom. The van der Waals surface area contributed by atoms with Gasteiger partial charge in [-0.15, -0.1) is 10.2 Å². The van der Waals surface area contributed by atoms with Crippen LogP contribution in [0.2, 0.25) is 0 Å². The van der Waals surface area contributed by atoms with Crippen LogP contribution >= 0.6 is 0 Å². The molecule has 12 heteroatoms. The van der Waals surface area contributed by atoms with Crippen molar-refractivity contribution in [2.24, 2.45) is 0 Å². The first kappa shape index (κ1) is 22.0. The first-order valence-corrected chi connectivity index (χ1v) is 11.0. The maximum atomic E-state index is 13.2. The molecule has 33 heavy (non-hydrogen) atoms. The average molecular weight is 468 g/mol. The van der Waals surface area contributed by atoms with Crippen LogP contribution in [0.5, 0.6) is 11.5 Å². The van der Waals surface area contributed by atoms with E-state index in [4.69, 9.17) is 4.74 Å². The molecule has 10 nitrogen and oxygen atoms in total. The molecule has 0 radical (unpaired) electrons. The Morgan fingerprint density at radius 3 is 2.61 bits per heavy atom. The van der Waals surface area contributed by atoms with E-state index in [1.54, 1.807) is 30.3 Å². The predicted molar refractivity (Wildman–Crippen MR) is 117 cm³/mol. The Morgan fingerprint density at radius 1 is 1.03 bits per heavy atom. The number of hydrogen-bond acceptors (Lipinski definition) is 8. The van der Waals surface area contributed by atoms with Gasteiger partial charge in [-0.1, -0.05) is 18.2 Å². The lowest BCUT2D eigenvalue weighted by molar-refractivity contribution is 0.0958. The second kappa shape index (κ2) is 9.12. The fourth-order valence-corrected chi connectivity index (χ4v) is 4.10. The number of nitrogens with zero attached hydrogens (tertiary/aromatic N) is 4. The molecule has 0 bridgehead atoms. The molecule has 0 unspecified atom stereocenters. The summed E-state index contributed by atoms with van der Waals surface area (Å²) < 4.78 is 46.4. The maximum Gasteiger partial charge on any atom is 0.269 e. The minimum atomic E-state index is -4.11. The molecule has 4 rings (SSSR count). The molecule has 2 N–H and O–H groups in total. The number of rotatable bonds is 7. The van der Waals surface area contributed by atoms with E-state index in [0.717, 1.165) is 0 Å². The molecule has 4 aromatic rings. The maximum absolute atomic E-state index is 13.2. The number of pyridine rings is 1. The number of hydrogen-bond donors (Lipinski definition) is 2. The smallest absolute Gasteiger partial charge is 0.269 e. The lowest BCUT2D eigenvalue weighted by Gasteiger charge is -2.10. The Hall–Kier alpha value is -4.19. The van der Waals surface area contributed by atoms with Crippen LogP contribution in [0.3, 0.4) is 0 Å². The fourth-order valence-electron chi connectivity index (χ4n) is 2.94. The molecule has 2 aromatic heterocycles. The SMILES string of the molecule is CNC(=O)c1cc(Oc2ccc3nc(NS(=O)(=O)c4ccccc4CF)nnc3c2)ccn1. The summed E-state index contributed by atoms with van der Waals surface area (Å²) >= 11 is 0. The number of carbonyl (C=O) groups excluding carboxylic acids is 1. The molecule has 2 heterocycles. The fraction of sp³-hybridized carbons (Fsp3) is 0.0952. The molecule has 0 saturated heterocycles. The van der Waals surface area contributed by atoms with Crippen molar-refractivity contribution in [1.29, 1.82) is 0 Å². The molecular weight excluding hydrogens is 451 g/mol. The van der Waals surface area contributed by atoms with E-state index in [2.05, 4.69) is 30.2 Å². The number of ether oxygens (including phenoxy) is 1. The van der Waals surface area contributed by atoms with Crippen LogP contribution in [0.25, 0.3) is 11.0 Å². The third-order valence-corrected chi connectivity index (χ3v) is 5.91. The van der Waals surface area contributed by atoms with E-state index >= 15 is 0 Å². The van der Waals surface area contributed by atoms with Crippen LogP contribution in [-0.2, 0) is 16.7 Å². The normalized spacial score (nSPS) is 11.2. The number of halogens is 1. The van der Waals surface area contributed by atoms with Crippen molar-refractivity contribution in [2.45, 2.75) is 11.6 Å². The zero-order valence-corrected chi connectivity index (χ0v) is 18.0. The minimum absolute atomic E-state index is 0.0243. The highest BCUT2D eigenvalue weighted by Crippen LogP contribution is 2.25. The second-order valence-corrected chi connectivity index (χ2v) is 8.34. The Bertz CT molecular complexity index is 1450. The zero-order valence-electron chi connectivity index (χ0n) is 17.2. The molecule has 168 valence electrons. The lowest BCUT2D eigenvalue weighted by Crippen LogP contribution is -2.18. The van der Waals surface area contributed by atoms with E-state index in [9.17, 15) is 17.6 Å². The highest BCUT2D eigenvalue weighted by atomic mass is 32.2. The molecule has 1 amide bonds. The molecule has 0 aliphatic rings. The van der Waals surface area contributed by atoms with Gasteiger partial charge in [-0.3, -0.25) is 9.78 Å². The largest absolute Gasteiger partial charge is 0.457 e. The molecule has 0 aliphatic carbocycles. The van der Waals surface area contributed by atoms with Gasteiger partial charge in [0.25, 0.3) is 21.9 Å². The molecular formula is C21H17FN6O4S. The summed E-state index contributed by atoms with van der Waals surface area (Å²) in [6.45, 7) is -0.932. The number of carbonyl (C=O) groups is 1. The van der Waals surface area contributed by atoms with Gasteiger partial charge in [0.1, 0.15) is 29.4 Å². The van der Waals surface area contributed by atoms with Gasteiger partial charge >= 0.3 is 0 Å². The molecule has 0 saturated carbocycles. The minimum Gasteiger partial charge on any atom is -0.457 e. The van der Waals surface area contributed by atoms with E-state index < -0.39 is 16.7 Å². The van der Waals surface area contributed by atoms with E-state index in [0.29, 0.717) is 22.5 Å². The summed E-state index contributed by atoms with van der Waals surface area (Å²) in [5.41, 5.74) is 0.925. The number of benzene rings is 2. The average Bonchev–Trinajstić information content (AvgIpc) is 2.83. The first-order chi connectivity index (χ1) is 15.9. The third kappa shape index (κ3) is 4.85. The summed E-state index contributed by atoms with van der Waals surface area (Å²) in [6.07, 6.45) is 1.45. The number of aromatic nitrogens is 4. The van der Waals surface area contributed by atoms with E-state index in [1.165, 1.54) is 37.5 Å². The van der Waals surface area contributed by atoms with Crippen molar-refractivity contribution in [1.82, 2.24) is 25.5 Å². The van der Waals surface area contributed by atoms with Crippen molar-refractivity contribution >= 4 is 32.9 Å². The number of fused-ring (bicyclic) bond motifs is 1. The van der Waals surface area contributed by atoms with Crippen LogP contribution in [-0.4, -0.2) is 41.5 Å². The molecule has 0 aliphatic heterocycles. The highest BCUT2D eigenvalue weighted by Gasteiger charge is 2.20. The quantitative estimate of drug-likeness (QED) is 0.423. The van der Waals surface area contributed by atoms with Crippen LogP contribution < -0.4 is 14.8 Å². The Kier molecular flexibility index (Phi) is 6.09. The number of anilines is 1. The van der Waals surface area contributed by atoms with Crippen molar-refractivity contribution < 1.29 is 22.3 Å². The van der Waals surface area contributed by atoms with Crippen LogP contribution in [0.15, 0.2) is 65.7 Å². The standard InChI is InChI=1S/C21H17FN6O4S/c1-23-20(29)18-11-15(8-9-24-18)32-14-6-7-16-17(10-14)26-27-21(25-16)28-33(30,31)19-5-3-2-4-13(19)12-22/h2-11H,12H2,1H3,(H,23,29)(H,25,27,28). The lowest BCUT2D eigenvalue weighted by atomic mass is 10.2. The summed E-state index contributed by atoms with van der Waals surface area (Å²) in [4.78, 5) is 19.7. The van der Waals surface area contributed by atoms with Gasteiger partial charge in [-0.25, -0.2) is 22.5 Å². The van der Waals surface area contributed by atoms with Crippen LogP contribution in [0.4, 0.5) is 10.3 Å². The number of nitrogens with one attached hydrogen (secondary N) is 2. The van der Waals surface area contributed by atoms with Gasteiger partial charge in [0.15, 0.2) is 0 Å². The summed E-state index contributed by atoms with van der Waals surface area (Å²) in [7, 11) is -2.60. The summed E-state index contributed by atoms with van der Waals surface area (Å²) in [6, 6.07) is 13.5. The van der Waals surface area contributed by atoms with Gasteiger partial charge in [0.2, 0.25) is 0 Å². The van der Waals surface area contributed by atoms with Gasteiger partial charge < -0.3 is 10.1 Å². The topological polar surface area (TPSA) is 136 Å². The highest BCUT2D eigenvalue weighted by molar-refractivity contribution is 7.92. The van der Waals surface area contributed by atoms with E-state index in [-0.39, 0.29) is 28.0 Å². The molecule has 0 atom stereocenters. The molecule has 0 fully saturated rings. The van der Waals surface area contributed by atoms with Gasteiger partial charge in [0.05, 0.1) is 10.4 Å². The summed E-state index contributed by atoms with van der Waals surface area (Å²) in [5.74, 6) is 0.185. The molecule has 0 spiro atoms. The second-order valence-electron chi connectivity index (χ2n) is 6.69. The number of sulfonamides is 1. The van der Waals surface area contributed by atoms with Crippen molar-refractivity contribution in [3.63, 3.8) is 0 Å². The van der Waals surface area contributed by atoms with Gasteiger partial charge in [-0.05, 0) is 24.3 Å². The van der Waals surface area contributed by atoms with E-state index in [1.807, 2.05) is 0 Å². The predicted octanol–water partition coefficient (Wildman–Crippen LogP) is 2.84. The van der Waals surface area contributed by atoms with Crippen molar-refractivity contribution in [3.05, 3.63) is 72.1 Å². The molecule has 2 aromatic carbocycles. The third-order valence-electron chi connectivity index (χ3n) is 4.48. The van der Waals surface area contributed by atoms with Crippen LogP contribution in [0, 0.1) is 0 Å². The van der Waals surface area contributed by atoms with Gasteiger partial charge in [-0.2, -0.15) is 0 Å².